The standard InChI is InChI=1S/C25H34N2O4/c1-29-22-12-11-19(15-23(22)30-20-9-4-5-10-20)21-16-25(31-26-21)13-6-14-27(17-25)24(28)18-7-2-3-8-18/h11-12,15,18,20H,2-10,13-14,16-17H2,1H3. The molecule has 0 radical (unpaired) electrons. The highest BCUT2D eigenvalue weighted by Gasteiger charge is 2.45. The molecule has 3 fully saturated rings. The minimum atomic E-state index is -0.381. The van der Waals surface area contributed by atoms with Crippen molar-refractivity contribution in [2.24, 2.45) is 11.1 Å². The lowest BCUT2D eigenvalue weighted by atomic mass is 9.86. The molecule has 1 aromatic carbocycles. The highest BCUT2D eigenvalue weighted by molar-refractivity contribution is 6.02. The van der Waals surface area contributed by atoms with Crippen LogP contribution >= 0.6 is 0 Å². The summed E-state index contributed by atoms with van der Waals surface area (Å²) in [4.78, 5) is 21.1. The van der Waals surface area contributed by atoms with E-state index in [9.17, 15) is 4.79 Å². The van der Waals surface area contributed by atoms with Gasteiger partial charge in [0.2, 0.25) is 5.91 Å². The average Bonchev–Trinajstić information content (AvgIpc) is 3.56. The molecular weight excluding hydrogens is 392 g/mol. The van der Waals surface area contributed by atoms with Gasteiger partial charge in [-0.1, -0.05) is 18.0 Å². The molecule has 2 heterocycles. The minimum absolute atomic E-state index is 0.217. The largest absolute Gasteiger partial charge is 0.493 e. The maximum atomic E-state index is 13.0. The lowest BCUT2D eigenvalue weighted by Gasteiger charge is -2.39. The number of benzene rings is 1. The van der Waals surface area contributed by atoms with Crippen LogP contribution in [0.5, 0.6) is 11.5 Å². The van der Waals surface area contributed by atoms with Gasteiger partial charge in [0.1, 0.15) is 0 Å². The molecule has 2 aliphatic heterocycles. The normalized spacial score (nSPS) is 26.9. The van der Waals surface area contributed by atoms with Gasteiger partial charge in [0.25, 0.3) is 0 Å². The van der Waals surface area contributed by atoms with Crippen molar-refractivity contribution in [2.75, 3.05) is 20.2 Å². The van der Waals surface area contributed by atoms with Crippen LogP contribution in [0.2, 0.25) is 0 Å². The first-order valence-corrected chi connectivity index (χ1v) is 12.0. The number of carbonyl (C=O) groups excluding carboxylic acids is 1. The third-order valence-corrected chi connectivity index (χ3v) is 7.49. The molecule has 0 bridgehead atoms. The monoisotopic (exact) mass is 426 g/mol. The minimum Gasteiger partial charge on any atom is -0.493 e. The van der Waals surface area contributed by atoms with Gasteiger partial charge in [-0.25, -0.2) is 0 Å². The molecule has 5 rings (SSSR count). The number of amides is 1. The molecule has 6 nitrogen and oxygen atoms in total. The Hall–Kier alpha value is -2.24. The zero-order chi connectivity index (χ0) is 21.3. The number of oxime groups is 1. The molecule has 1 unspecified atom stereocenters. The predicted octanol–water partition coefficient (Wildman–Crippen LogP) is 4.69. The fourth-order valence-corrected chi connectivity index (χ4v) is 5.75. The van der Waals surface area contributed by atoms with Crippen LogP contribution in [0.25, 0.3) is 0 Å². The van der Waals surface area contributed by atoms with E-state index < -0.39 is 0 Å². The number of nitrogens with zero attached hydrogens (tertiary/aromatic N) is 2. The molecule has 1 spiro atoms. The van der Waals surface area contributed by atoms with E-state index >= 15 is 0 Å². The highest BCUT2D eigenvalue weighted by Crippen LogP contribution is 2.39. The van der Waals surface area contributed by atoms with Gasteiger partial charge in [0.15, 0.2) is 17.1 Å². The fourth-order valence-electron chi connectivity index (χ4n) is 5.75. The summed E-state index contributed by atoms with van der Waals surface area (Å²) in [7, 11) is 1.68. The van der Waals surface area contributed by atoms with E-state index in [4.69, 9.17) is 14.3 Å². The van der Waals surface area contributed by atoms with Gasteiger partial charge in [0.05, 0.1) is 25.5 Å². The van der Waals surface area contributed by atoms with Crippen LogP contribution in [-0.4, -0.2) is 48.4 Å². The molecule has 6 heteroatoms. The number of rotatable bonds is 5. The first-order chi connectivity index (χ1) is 15.2. The second kappa shape index (κ2) is 8.71. The Kier molecular flexibility index (Phi) is 5.81. The predicted molar refractivity (Wildman–Crippen MR) is 119 cm³/mol. The number of ether oxygens (including phenoxy) is 2. The zero-order valence-corrected chi connectivity index (χ0v) is 18.6. The summed E-state index contributed by atoms with van der Waals surface area (Å²) in [5.41, 5.74) is 1.58. The van der Waals surface area contributed by atoms with Crippen LogP contribution in [0.1, 0.15) is 76.2 Å². The van der Waals surface area contributed by atoms with Crippen LogP contribution in [0.3, 0.4) is 0 Å². The van der Waals surface area contributed by atoms with Crippen molar-refractivity contribution < 1.29 is 19.1 Å². The lowest BCUT2D eigenvalue weighted by molar-refractivity contribution is -0.144. The van der Waals surface area contributed by atoms with E-state index in [0.29, 0.717) is 12.5 Å². The number of hydrogen-bond acceptors (Lipinski definition) is 5. The van der Waals surface area contributed by atoms with Crippen molar-refractivity contribution in [1.82, 2.24) is 4.90 Å². The van der Waals surface area contributed by atoms with E-state index in [1.165, 1.54) is 25.7 Å². The molecule has 2 saturated carbocycles. The van der Waals surface area contributed by atoms with Crippen molar-refractivity contribution in [3.63, 3.8) is 0 Å². The number of piperidine rings is 1. The Balaban J connectivity index is 1.28. The zero-order valence-electron chi connectivity index (χ0n) is 18.6. The topological polar surface area (TPSA) is 60.4 Å². The van der Waals surface area contributed by atoms with Crippen LogP contribution < -0.4 is 9.47 Å². The van der Waals surface area contributed by atoms with E-state index in [0.717, 1.165) is 74.3 Å². The van der Waals surface area contributed by atoms with E-state index in [2.05, 4.69) is 5.16 Å². The van der Waals surface area contributed by atoms with E-state index in [1.807, 2.05) is 23.1 Å². The van der Waals surface area contributed by atoms with Gasteiger partial charge in [-0.3, -0.25) is 4.79 Å². The molecule has 1 saturated heterocycles. The molecule has 168 valence electrons. The Morgan fingerprint density at radius 1 is 1.10 bits per heavy atom. The van der Waals surface area contributed by atoms with Crippen LogP contribution in [0.15, 0.2) is 23.4 Å². The molecule has 4 aliphatic rings. The number of methoxy groups -OCH3 is 1. The van der Waals surface area contributed by atoms with Crippen LogP contribution in [0, 0.1) is 5.92 Å². The van der Waals surface area contributed by atoms with Crippen LogP contribution in [-0.2, 0) is 9.63 Å². The molecule has 2 aliphatic carbocycles. The highest BCUT2D eigenvalue weighted by atomic mass is 16.7. The second-order valence-corrected chi connectivity index (χ2v) is 9.72. The third kappa shape index (κ3) is 4.26. The Morgan fingerprint density at radius 3 is 2.65 bits per heavy atom. The summed E-state index contributed by atoms with van der Waals surface area (Å²) in [5.74, 6) is 2.09. The first kappa shape index (κ1) is 20.7. The Bertz CT molecular complexity index is 842. The number of likely N-dealkylation sites (tertiary alicyclic amines) is 1. The van der Waals surface area contributed by atoms with Gasteiger partial charge in [-0.05, 0) is 69.6 Å². The van der Waals surface area contributed by atoms with Crippen molar-refractivity contribution in [3.8, 4) is 11.5 Å². The number of hydrogen-bond donors (Lipinski definition) is 0. The molecule has 1 atom stereocenters. The van der Waals surface area contributed by atoms with Crippen molar-refractivity contribution in [2.45, 2.75) is 82.3 Å². The average molecular weight is 427 g/mol. The summed E-state index contributed by atoms with van der Waals surface area (Å²) < 4.78 is 11.8. The van der Waals surface area contributed by atoms with E-state index in [-0.39, 0.29) is 17.6 Å². The summed E-state index contributed by atoms with van der Waals surface area (Å²) >= 11 is 0. The van der Waals surface area contributed by atoms with Crippen LogP contribution in [0.4, 0.5) is 0 Å². The van der Waals surface area contributed by atoms with Gasteiger partial charge in [-0.2, -0.15) is 0 Å². The molecule has 1 aromatic rings. The Morgan fingerprint density at radius 2 is 1.87 bits per heavy atom. The summed E-state index contributed by atoms with van der Waals surface area (Å²) in [6, 6.07) is 6.04. The smallest absolute Gasteiger partial charge is 0.225 e. The summed E-state index contributed by atoms with van der Waals surface area (Å²) in [6.45, 7) is 1.49. The van der Waals surface area contributed by atoms with Crippen molar-refractivity contribution in [3.05, 3.63) is 23.8 Å². The van der Waals surface area contributed by atoms with Gasteiger partial charge >= 0.3 is 0 Å². The summed E-state index contributed by atoms with van der Waals surface area (Å²) in [5, 5.41) is 4.48. The quantitative estimate of drug-likeness (QED) is 0.685. The second-order valence-electron chi connectivity index (χ2n) is 9.72. The molecule has 31 heavy (non-hydrogen) atoms. The maximum Gasteiger partial charge on any atom is 0.225 e. The maximum absolute atomic E-state index is 13.0. The third-order valence-electron chi connectivity index (χ3n) is 7.49. The first-order valence-electron chi connectivity index (χ1n) is 12.0. The molecule has 1 amide bonds. The van der Waals surface area contributed by atoms with Gasteiger partial charge in [0, 0.05) is 24.4 Å². The lowest BCUT2D eigenvalue weighted by Crippen LogP contribution is -2.51. The fraction of sp³-hybridized carbons (Fsp3) is 0.680. The molecule has 0 N–H and O–H groups in total. The Labute approximate surface area is 184 Å². The van der Waals surface area contributed by atoms with Crippen molar-refractivity contribution >= 4 is 11.6 Å². The summed E-state index contributed by atoms with van der Waals surface area (Å²) in [6.07, 6.45) is 12.0. The van der Waals surface area contributed by atoms with E-state index in [1.54, 1.807) is 7.11 Å². The van der Waals surface area contributed by atoms with Gasteiger partial charge < -0.3 is 19.2 Å². The molecular formula is C25H34N2O4. The van der Waals surface area contributed by atoms with Gasteiger partial charge in [-0.15, -0.1) is 0 Å². The molecule has 0 aromatic heterocycles. The number of carbonyl (C=O) groups is 1. The van der Waals surface area contributed by atoms with Crippen molar-refractivity contribution in [1.29, 1.82) is 0 Å². The SMILES string of the molecule is COc1ccc(C2=NOC3(CCCN(C(=O)C4CCCC4)C3)C2)cc1OC1CCCC1.